The summed E-state index contributed by atoms with van der Waals surface area (Å²) < 4.78 is 1.02. The van der Waals surface area contributed by atoms with Gasteiger partial charge in [0.25, 0.3) is 0 Å². The number of nitrogens with zero attached hydrogens (tertiary/aromatic N) is 1. The average Bonchev–Trinajstić information content (AvgIpc) is 2.49. The van der Waals surface area contributed by atoms with Gasteiger partial charge in [-0.2, -0.15) is 0 Å². The summed E-state index contributed by atoms with van der Waals surface area (Å²) in [5, 5.41) is 11.8. The summed E-state index contributed by atoms with van der Waals surface area (Å²) >= 11 is 1.55. The molecule has 0 atom stereocenters. The molecule has 0 radical (unpaired) electrons. The van der Waals surface area contributed by atoms with Crippen LogP contribution in [0.15, 0.2) is 11.4 Å². The van der Waals surface area contributed by atoms with Crippen LogP contribution >= 0.6 is 11.3 Å². The molecule has 0 fully saturated rings. The van der Waals surface area contributed by atoms with Gasteiger partial charge in [-0.3, -0.25) is 4.90 Å². The Kier molecular flexibility index (Phi) is 1.62. The molecule has 1 aliphatic heterocycles. The Morgan fingerprint density at radius 3 is 3.25 bits per heavy atom. The predicted octanol–water partition coefficient (Wildman–Crippen LogP) is 0.260. The van der Waals surface area contributed by atoms with Crippen LogP contribution in [-0.2, 0) is 0 Å². The van der Waals surface area contributed by atoms with Crippen molar-refractivity contribution < 1.29 is 9.90 Å². The zero-order valence-corrected chi connectivity index (χ0v) is 7.04. The number of rotatable bonds is 0. The van der Waals surface area contributed by atoms with E-state index in [-0.39, 0.29) is 0 Å². The lowest BCUT2D eigenvalue weighted by Crippen LogP contribution is -2.34. The van der Waals surface area contributed by atoms with Crippen LogP contribution in [0.1, 0.15) is 0 Å². The Morgan fingerprint density at radius 1 is 1.67 bits per heavy atom. The van der Waals surface area contributed by atoms with Crippen molar-refractivity contribution in [2.75, 3.05) is 6.54 Å². The van der Waals surface area contributed by atoms with Gasteiger partial charge in [-0.25, -0.2) is 4.79 Å². The van der Waals surface area contributed by atoms with E-state index in [2.05, 4.69) is 0 Å². The van der Waals surface area contributed by atoms with Gasteiger partial charge in [0.1, 0.15) is 0 Å². The highest BCUT2D eigenvalue weighted by atomic mass is 32.1. The van der Waals surface area contributed by atoms with E-state index < -0.39 is 6.09 Å². The van der Waals surface area contributed by atoms with Gasteiger partial charge in [-0.05, 0) is 16.7 Å². The molecule has 0 aliphatic carbocycles. The first-order valence-electron chi connectivity index (χ1n) is 3.52. The minimum absolute atomic E-state index is 0.457. The molecule has 62 valence electrons. The first-order chi connectivity index (χ1) is 5.77. The average molecular weight is 181 g/mol. The minimum Gasteiger partial charge on any atom is -0.465 e. The van der Waals surface area contributed by atoms with E-state index in [1.54, 1.807) is 17.5 Å². The van der Waals surface area contributed by atoms with E-state index in [0.717, 1.165) is 9.75 Å². The fraction of sp³-hybridized carbons (Fsp3) is 0.125. The maximum Gasteiger partial charge on any atom is 0.411 e. The van der Waals surface area contributed by atoms with Crippen LogP contribution in [0.4, 0.5) is 4.79 Å². The molecule has 3 nitrogen and oxygen atoms in total. The summed E-state index contributed by atoms with van der Waals surface area (Å²) in [5.41, 5.74) is 0. The monoisotopic (exact) mass is 181 g/mol. The van der Waals surface area contributed by atoms with Crippen LogP contribution in [0.25, 0.3) is 12.3 Å². The van der Waals surface area contributed by atoms with Gasteiger partial charge in [0.2, 0.25) is 0 Å². The molecule has 1 aliphatic rings. The standard InChI is InChI=1S/C8H7NO2S/c10-8(11)9-3-1-6-2-4-12-7(6)5-9/h1-2,4-5H,3H2,(H,10,11). The molecule has 1 aromatic heterocycles. The third kappa shape index (κ3) is 1.10. The van der Waals surface area contributed by atoms with Crippen LogP contribution in [-0.4, -0.2) is 22.6 Å². The van der Waals surface area contributed by atoms with E-state index in [1.165, 1.54) is 4.90 Å². The molecule has 12 heavy (non-hydrogen) atoms. The zero-order valence-electron chi connectivity index (χ0n) is 6.23. The molecule has 0 saturated carbocycles. The molecule has 2 rings (SSSR count). The fourth-order valence-electron chi connectivity index (χ4n) is 1.13. The molecule has 2 heterocycles. The smallest absolute Gasteiger partial charge is 0.411 e. The van der Waals surface area contributed by atoms with Crippen LogP contribution in [0, 0.1) is 0 Å². The fourth-order valence-corrected chi connectivity index (χ4v) is 1.97. The number of amides is 1. The number of hydrogen-bond acceptors (Lipinski definition) is 2. The topological polar surface area (TPSA) is 40.5 Å². The Hall–Kier alpha value is -1.29. The number of hydrogen-bond donors (Lipinski definition) is 1. The first kappa shape index (κ1) is 7.36. The number of carbonyl (C=O) groups is 1. The maximum absolute atomic E-state index is 10.6. The van der Waals surface area contributed by atoms with Crippen molar-refractivity contribution in [1.82, 2.24) is 4.90 Å². The molecule has 0 spiro atoms. The largest absolute Gasteiger partial charge is 0.465 e. The quantitative estimate of drug-likeness (QED) is 0.623. The lowest BCUT2D eigenvalue weighted by atomic mass is 10.3. The summed E-state index contributed by atoms with van der Waals surface area (Å²) in [7, 11) is 0. The Labute approximate surface area is 72.9 Å². The van der Waals surface area contributed by atoms with Crippen molar-refractivity contribution in [2.24, 2.45) is 0 Å². The highest BCUT2D eigenvalue weighted by Crippen LogP contribution is 1.95. The van der Waals surface area contributed by atoms with Crippen molar-refractivity contribution in [3.8, 4) is 0 Å². The molecule has 0 aromatic carbocycles. The van der Waals surface area contributed by atoms with Crippen LogP contribution in [0.3, 0.4) is 0 Å². The molecule has 4 heteroatoms. The highest BCUT2D eigenvalue weighted by molar-refractivity contribution is 7.07. The van der Waals surface area contributed by atoms with Crippen LogP contribution < -0.4 is 9.75 Å². The van der Waals surface area contributed by atoms with Crippen LogP contribution in [0.5, 0.6) is 0 Å². The summed E-state index contributed by atoms with van der Waals surface area (Å²) in [6.45, 7) is 0.457. The van der Waals surface area contributed by atoms with Crippen molar-refractivity contribution >= 4 is 29.7 Å². The maximum atomic E-state index is 10.6. The van der Waals surface area contributed by atoms with Crippen molar-refractivity contribution in [3.05, 3.63) is 21.2 Å². The first-order valence-corrected chi connectivity index (χ1v) is 4.40. The van der Waals surface area contributed by atoms with Gasteiger partial charge >= 0.3 is 6.09 Å². The van der Waals surface area contributed by atoms with Gasteiger partial charge in [-0.15, -0.1) is 11.3 Å². The van der Waals surface area contributed by atoms with Gasteiger partial charge < -0.3 is 5.11 Å². The summed E-state index contributed by atoms with van der Waals surface area (Å²) in [4.78, 5) is 11.8. The number of carboxylic acid groups (broad SMARTS) is 1. The second-order valence-corrected chi connectivity index (χ2v) is 3.46. The number of fused-ring (bicyclic) bond motifs is 1. The zero-order chi connectivity index (χ0) is 8.55. The lowest BCUT2D eigenvalue weighted by Gasteiger charge is -2.13. The predicted molar refractivity (Wildman–Crippen MR) is 47.2 cm³/mol. The third-order valence-electron chi connectivity index (χ3n) is 1.75. The molecule has 0 unspecified atom stereocenters. The van der Waals surface area contributed by atoms with Crippen molar-refractivity contribution in [1.29, 1.82) is 0 Å². The third-order valence-corrected chi connectivity index (χ3v) is 2.62. The second-order valence-electron chi connectivity index (χ2n) is 2.51. The van der Waals surface area contributed by atoms with Crippen molar-refractivity contribution in [3.63, 3.8) is 0 Å². The highest BCUT2D eigenvalue weighted by Gasteiger charge is 2.09. The molecule has 1 aromatic rings. The molecule has 0 bridgehead atoms. The van der Waals surface area contributed by atoms with Gasteiger partial charge in [0.05, 0.1) is 4.53 Å². The Bertz CT molecular complexity index is 421. The summed E-state index contributed by atoms with van der Waals surface area (Å²) in [5.74, 6) is 0. The summed E-state index contributed by atoms with van der Waals surface area (Å²) in [6, 6.07) is 2.00. The van der Waals surface area contributed by atoms with E-state index in [0.29, 0.717) is 6.54 Å². The van der Waals surface area contributed by atoms with Gasteiger partial charge in [0.15, 0.2) is 0 Å². The molecule has 1 N–H and O–H groups in total. The molecule has 0 saturated heterocycles. The lowest BCUT2D eigenvalue weighted by molar-refractivity contribution is 0.172. The normalized spacial score (nSPS) is 14.5. The van der Waals surface area contributed by atoms with Crippen LogP contribution in [0.2, 0.25) is 0 Å². The molecular weight excluding hydrogens is 174 g/mol. The Morgan fingerprint density at radius 2 is 2.50 bits per heavy atom. The van der Waals surface area contributed by atoms with E-state index >= 15 is 0 Å². The van der Waals surface area contributed by atoms with E-state index in [1.807, 2.05) is 17.5 Å². The number of thiophene rings is 1. The summed E-state index contributed by atoms with van der Waals surface area (Å²) in [6.07, 6.45) is 2.69. The van der Waals surface area contributed by atoms with Crippen molar-refractivity contribution in [2.45, 2.75) is 0 Å². The van der Waals surface area contributed by atoms with E-state index in [4.69, 9.17) is 5.11 Å². The SMILES string of the molecule is O=C(O)N1C=c2sccc2=CC1. The molecule has 1 amide bonds. The Balaban J connectivity index is 2.52. The van der Waals surface area contributed by atoms with E-state index in [9.17, 15) is 4.79 Å². The second kappa shape index (κ2) is 2.64. The molecular formula is C8H7NO2S. The van der Waals surface area contributed by atoms with Gasteiger partial charge in [-0.1, -0.05) is 6.08 Å². The minimum atomic E-state index is -0.898. The van der Waals surface area contributed by atoms with Gasteiger partial charge in [0, 0.05) is 12.7 Å².